The highest BCUT2D eigenvalue weighted by atomic mass is 19.1. The van der Waals surface area contributed by atoms with Gasteiger partial charge in [0, 0.05) is 5.92 Å². The molecule has 1 aliphatic carbocycles. The number of anilines is 1. The van der Waals surface area contributed by atoms with Crippen LogP contribution in [0.25, 0.3) is 0 Å². The first-order valence-corrected chi connectivity index (χ1v) is 8.59. The second kappa shape index (κ2) is 7.00. The Bertz CT molecular complexity index is 926. The normalized spacial score (nSPS) is 18.2. The van der Waals surface area contributed by atoms with Crippen LogP contribution in [0.1, 0.15) is 17.9 Å². The second-order valence-electron chi connectivity index (χ2n) is 6.37. The molecule has 0 spiro atoms. The van der Waals surface area contributed by atoms with E-state index in [4.69, 9.17) is 4.74 Å². The minimum absolute atomic E-state index is 0.0570. The van der Waals surface area contributed by atoms with Crippen LogP contribution in [0.3, 0.4) is 0 Å². The molecule has 26 heavy (non-hydrogen) atoms. The zero-order valence-corrected chi connectivity index (χ0v) is 14.1. The third-order valence-electron chi connectivity index (χ3n) is 4.55. The Labute approximate surface area is 151 Å². The van der Waals surface area contributed by atoms with Crippen molar-refractivity contribution in [3.63, 3.8) is 0 Å². The molecule has 4 rings (SSSR count). The largest absolute Gasteiger partial charge is 0.455 e. The van der Waals surface area contributed by atoms with Crippen molar-refractivity contribution in [2.75, 3.05) is 5.32 Å². The number of para-hydroxylation sites is 3. The van der Waals surface area contributed by atoms with Gasteiger partial charge in [-0.25, -0.2) is 4.39 Å². The van der Waals surface area contributed by atoms with Gasteiger partial charge in [-0.3, -0.25) is 4.79 Å². The molecule has 0 aromatic heterocycles. The molecule has 1 N–H and O–H groups in total. The van der Waals surface area contributed by atoms with Gasteiger partial charge in [0.2, 0.25) is 5.91 Å². The summed E-state index contributed by atoms with van der Waals surface area (Å²) in [5.41, 5.74) is 1.22. The minimum atomic E-state index is -0.249. The van der Waals surface area contributed by atoms with E-state index in [1.807, 2.05) is 48.5 Å². The highest BCUT2D eigenvalue weighted by Crippen LogP contribution is 2.49. The lowest BCUT2D eigenvalue weighted by atomic mass is 10.1. The second-order valence-corrected chi connectivity index (χ2v) is 6.37. The van der Waals surface area contributed by atoms with Crippen molar-refractivity contribution in [1.29, 1.82) is 0 Å². The Morgan fingerprint density at radius 3 is 2.42 bits per heavy atom. The molecular formula is C22H18FNO2. The Hall–Kier alpha value is -3.14. The van der Waals surface area contributed by atoms with E-state index in [0.29, 0.717) is 29.2 Å². The monoisotopic (exact) mass is 347 g/mol. The lowest BCUT2D eigenvalue weighted by molar-refractivity contribution is -0.117. The summed E-state index contributed by atoms with van der Waals surface area (Å²) < 4.78 is 19.8. The average Bonchev–Trinajstić information content (AvgIpc) is 3.45. The van der Waals surface area contributed by atoms with E-state index in [9.17, 15) is 9.18 Å². The number of halogens is 1. The Kier molecular flexibility index (Phi) is 4.40. The van der Waals surface area contributed by atoms with Gasteiger partial charge >= 0.3 is 0 Å². The van der Waals surface area contributed by atoms with Crippen LogP contribution in [0.15, 0.2) is 78.9 Å². The lowest BCUT2D eigenvalue weighted by Crippen LogP contribution is -2.15. The molecule has 3 nitrogen and oxygen atoms in total. The van der Waals surface area contributed by atoms with Gasteiger partial charge in [-0.2, -0.15) is 0 Å². The predicted molar refractivity (Wildman–Crippen MR) is 98.8 cm³/mol. The molecule has 0 aliphatic heterocycles. The molecule has 1 fully saturated rings. The molecule has 2 unspecified atom stereocenters. The minimum Gasteiger partial charge on any atom is -0.455 e. The van der Waals surface area contributed by atoms with Gasteiger partial charge in [-0.05, 0) is 48.2 Å². The van der Waals surface area contributed by atoms with Crippen molar-refractivity contribution in [2.24, 2.45) is 5.92 Å². The van der Waals surface area contributed by atoms with Crippen LogP contribution < -0.4 is 10.1 Å². The summed E-state index contributed by atoms with van der Waals surface area (Å²) in [6, 6.07) is 23.4. The standard InChI is InChI=1S/C22H18FNO2/c23-19-11-5-4-10-16(19)17-14-18(17)22(25)24-20-12-6-7-13-21(20)26-15-8-2-1-3-9-15/h1-13,17-18H,14H2,(H,24,25). The molecule has 0 heterocycles. The van der Waals surface area contributed by atoms with Crippen molar-refractivity contribution >= 4 is 11.6 Å². The fourth-order valence-electron chi connectivity index (χ4n) is 3.10. The van der Waals surface area contributed by atoms with Crippen LogP contribution in [-0.4, -0.2) is 5.91 Å². The third-order valence-corrected chi connectivity index (χ3v) is 4.55. The van der Waals surface area contributed by atoms with Crippen LogP contribution in [0.2, 0.25) is 0 Å². The first-order chi connectivity index (χ1) is 12.7. The van der Waals surface area contributed by atoms with Gasteiger partial charge in [-0.1, -0.05) is 48.5 Å². The first-order valence-electron chi connectivity index (χ1n) is 8.59. The number of rotatable bonds is 5. The highest BCUT2D eigenvalue weighted by Gasteiger charge is 2.45. The molecule has 3 aromatic carbocycles. The molecular weight excluding hydrogens is 329 g/mol. The predicted octanol–water partition coefficient (Wildman–Crippen LogP) is 5.36. The molecule has 1 saturated carbocycles. The van der Waals surface area contributed by atoms with Crippen LogP contribution in [0.5, 0.6) is 11.5 Å². The molecule has 1 aliphatic rings. The van der Waals surface area contributed by atoms with E-state index in [1.54, 1.807) is 24.3 Å². The van der Waals surface area contributed by atoms with Crippen molar-refractivity contribution in [3.05, 3.63) is 90.2 Å². The van der Waals surface area contributed by atoms with E-state index in [-0.39, 0.29) is 23.6 Å². The highest BCUT2D eigenvalue weighted by molar-refractivity contribution is 5.96. The van der Waals surface area contributed by atoms with E-state index in [2.05, 4.69) is 5.32 Å². The van der Waals surface area contributed by atoms with Gasteiger partial charge in [0.25, 0.3) is 0 Å². The van der Waals surface area contributed by atoms with Crippen molar-refractivity contribution in [3.8, 4) is 11.5 Å². The Balaban J connectivity index is 1.47. The quantitative estimate of drug-likeness (QED) is 0.675. The molecule has 130 valence electrons. The molecule has 0 bridgehead atoms. The van der Waals surface area contributed by atoms with Crippen molar-refractivity contribution < 1.29 is 13.9 Å². The number of carbonyl (C=O) groups excluding carboxylic acids is 1. The zero-order chi connectivity index (χ0) is 17.9. The van der Waals surface area contributed by atoms with E-state index in [0.717, 1.165) is 0 Å². The zero-order valence-electron chi connectivity index (χ0n) is 14.1. The van der Waals surface area contributed by atoms with E-state index in [1.165, 1.54) is 6.07 Å². The van der Waals surface area contributed by atoms with Crippen LogP contribution >= 0.6 is 0 Å². The van der Waals surface area contributed by atoms with E-state index >= 15 is 0 Å². The maximum Gasteiger partial charge on any atom is 0.228 e. The van der Waals surface area contributed by atoms with Crippen molar-refractivity contribution in [2.45, 2.75) is 12.3 Å². The van der Waals surface area contributed by atoms with Crippen LogP contribution in [-0.2, 0) is 4.79 Å². The number of ether oxygens (including phenoxy) is 1. The fraction of sp³-hybridized carbons (Fsp3) is 0.136. The topological polar surface area (TPSA) is 38.3 Å². The van der Waals surface area contributed by atoms with E-state index < -0.39 is 0 Å². The Morgan fingerprint density at radius 2 is 1.62 bits per heavy atom. The number of amides is 1. The smallest absolute Gasteiger partial charge is 0.228 e. The summed E-state index contributed by atoms with van der Waals surface area (Å²) in [7, 11) is 0. The SMILES string of the molecule is O=C(Nc1ccccc1Oc1ccccc1)C1CC1c1ccccc1F. The van der Waals surface area contributed by atoms with Crippen LogP contribution in [0.4, 0.5) is 10.1 Å². The number of hydrogen-bond acceptors (Lipinski definition) is 2. The van der Waals surface area contributed by atoms with Gasteiger partial charge in [-0.15, -0.1) is 0 Å². The molecule has 0 saturated heterocycles. The molecule has 4 heteroatoms. The summed E-state index contributed by atoms with van der Waals surface area (Å²) >= 11 is 0. The number of hydrogen-bond donors (Lipinski definition) is 1. The average molecular weight is 347 g/mol. The van der Waals surface area contributed by atoms with Crippen molar-refractivity contribution in [1.82, 2.24) is 0 Å². The maximum atomic E-state index is 13.9. The summed E-state index contributed by atoms with van der Waals surface area (Å²) in [4.78, 5) is 12.6. The van der Waals surface area contributed by atoms with Gasteiger partial charge in [0.05, 0.1) is 5.69 Å². The number of nitrogens with one attached hydrogen (secondary N) is 1. The van der Waals surface area contributed by atoms with Crippen LogP contribution in [0, 0.1) is 11.7 Å². The first kappa shape index (κ1) is 16.3. The molecule has 0 radical (unpaired) electrons. The molecule has 1 amide bonds. The number of carbonyl (C=O) groups is 1. The van der Waals surface area contributed by atoms with Gasteiger partial charge in [0.1, 0.15) is 11.6 Å². The summed E-state index contributed by atoms with van der Waals surface area (Å²) in [5, 5.41) is 2.93. The molecule has 3 aromatic rings. The maximum absolute atomic E-state index is 13.9. The molecule has 2 atom stereocenters. The lowest BCUT2D eigenvalue weighted by Gasteiger charge is -2.12. The third kappa shape index (κ3) is 3.45. The fourth-order valence-corrected chi connectivity index (χ4v) is 3.10. The summed E-state index contributed by atoms with van der Waals surface area (Å²) in [5.74, 6) is 0.651. The summed E-state index contributed by atoms with van der Waals surface area (Å²) in [6.45, 7) is 0. The number of benzene rings is 3. The summed E-state index contributed by atoms with van der Waals surface area (Å²) in [6.07, 6.45) is 0.661. The Morgan fingerprint density at radius 1 is 0.923 bits per heavy atom. The van der Waals surface area contributed by atoms with Gasteiger partial charge in [0.15, 0.2) is 5.75 Å². The van der Waals surface area contributed by atoms with Gasteiger partial charge < -0.3 is 10.1 Å².